The van der Waals surface area contributed by atoms with Crippen molar-refractivity contribution in [3.05, 3.63) is 64.9 Å². The van der Waals surface area contributed by atoms with Gasteiger partial charge in [-0.05, 0) is 55.9 Å². The zero-order valence-electron chi connectivity index (χ0n) is 20.7. The summed E-state index contributed by atoms with van der Waals surface area (Å²) in [6.07, 6.45) is -3.04. The van der Waals surface area contributed by atoms with Crippen molar-refractivity contribution in [2.75, 3.05) is 51.7 Å². The lowest BCUT2D eigenvalue weighted by Gasteiger charge is -2.32. The number of likely N-dealkylation sites (N-methyl/N-ethyl adjacent to an activating group) is 1. The third-order valence-electron chi connectivity index (χ3n) is 6.02. The van der Waals surface area contributed by atoms with Crippen LogP contribution < -0.4 is 10.1 Å². The number of imidazole rings is 1. The van der Waals surface area contributed by atoms with Crippen molar-refractivity contribution in [1.82, 2.24) is 19.8 Å². The smallest absolute Gasteiger partial charge is 0.432 e. The van der Waals surface area contributed by atoms with Crippen LogP contribution >= 0.6 is 11.6 Å². The second kappa shape index (κ2) is 12.3. The number of anilines is 1. The van der Waals surface area contributed by atoms with Crippen LogP contribution in [0.3, 0.4) is 0 Å². The van der Waals surface area contributed by atoms with E-state index in [0.29, 0.717) is 28.5 Å². The van der Waals surface area contributed by atoms with Gasteiger partial charge in [-0.1, -0.05) is 17.5 Å². The van der Waals surface area contributed by atoms with Crippen LogP contribution in [0.5, 0.6) is 5.75 Å². The fourth-order valence-corrected chi connectivity index (χ4v) is 4.00. The molecule has 1 aromatic heterocycles. The van der Waals surface area contributed by atoms with Gasteiger partial charge in [-0.25, -0.2) is 4.98 Å². The monoisotopic (exact) mass is 545 g/mol. The van der Waals surface area contributed by atoms with E-state index in [1.54, 1.807) is 36.4 Å². The number of rotatable bonds is 7. The Labute approximate surface area is 223 Å². The maximum absolute atomic E-state index is 13.0. The zero-order chi connectivity index (χ0) is 27.1. The molecule has 7 nitrogen and oxygen atoms in total. The van der Waals surface area contributed by atoms with Crippen molar-refractivity contribution in [3.8, 4) is 29.0 Å². The number of nitrogens with zero attached hydrogens (tertiary/aromatic N) is 3. The molecule has 1 amide bonds. The summed E-state index contributed by atoms with van der Waals surface area (Å²) < 4.78 is 45.0. The van der Waals surface area contributed by atoms with E-state index in [4.69, 9.17) is 16.3 Å². The Morgan fingerprint density at radius 3 is 2.58 bits per heavy atom. The molecule has 0 spiro atoms. The number of halogens is 4. The summed E-state index contributed by atoms with van der Waals surface area (Å²) in [5.74, 6) is 5.06. The maximum Gasteiger partial charge on any atom is 0.432 e. The predicted octanol–water partition coefficient (Wildman–Crippen LogP) is 4.76. The number of H-pyrrole nitrogens is 1. The van der Waals surface area contributed by atoms with Crippen LogP contribution in [0.2, 0.25) is 5.02 Å². The van der Waals surface area contributed by atoms with Crippen LogP contribution in [-0.2, 0) is 11.0 Å². The lowest BCUT2D eigenvalue weighted by molar-refractivity contribution is -0.140. The van der Waals surface area contributed by atoms with Gasteiger partial charge in [-0.3, -0.25) is 4.79 Å². The van der Waals surface area contributed by atoms with E-state index in [1.165, 1.54) is 6.07 Å². The normalized spacial score (nSPS) is 14.6. The average Bonchev–Trinajstić information content (AvgIpc) is 3.39. The van der Waals surface area contributed by atoms with Crippen LogP contribution in [0.25, 0.3) is 11.4 Å². The van der Waals surface area contributed by atoms with Gasteiger partial charge in [-0.15, -0.1) is 0 Å². The van der Waals surface area contributed by atoms with Crippen molar-refractivity contribution in [2.45, 2.75) is 12.6 Å². The van der Waals surface area contributed by atoms with Crippen molar-refractivity contribution in [2.24, 2.45) is 0 Å². The molecule has 3 aromatic rings. The number of hydrogen-bond acceptors (Lipinski definition) is 5. The molecule has 0 saturated carbocycles. The van der Waals surface area contributed by atoms with Crippen molar-refractivity contribution in [3.63, 3.8) is 0 Å². The van der Waals surface area contributed by atoms with Gasteiger partial charge in [0.1, 0.15) is 17.3 Å². The fraction of sp³-hybridized carbons (Fsp3) is 0.333. The molecule has 1 aliphatic heterocycles. The highest BCUT2D eigenvalue weighted by atomic mass is 35.5. The summed E-state index contributed by atoms with van der Waals surface area (Å²) in [7, 11) is 2.10. The first-order valence-corrected chi connectivity index (χ1v) is 12.4. The molecule has 0 radical (unpaired) electrons. The summed E-state index contributed by atoms with van der Waals surface area (Å²) in [5, 5.41) is 3.24. The van der Waals surface area contributed by atoms with E-state index in [-0.39, 0.29) is 11.5 Å². The first-order valence-electron chi connectivity index (χ1n) is 12.1. The Balaban J connectivity index is 1.47. The van der Waals surface area contributed by atoms with E-state index in [1.807, 2.05) is 0 Å². The SMILES string of the molecule is CN1CCN(CCCOc2ccc(-c3ncc(C(F)(F)F)[nH]3)cc2NC(=O)C#Cc2ccc(Cl)cc2)CC1. The second-order valence-corrected chi connectivity index (χ2v) is 9.35. The topological polar surface area (TPSA) is 73.5 Å². The molecular weight excluding hydrogens is 519 g/mol. The maximum atomic E-state index is 13.0. The minimum atomic E-state index is -4.55. The molecule has 0 atom stereocenters. The molecule has 38 heavy (non-hydrogen) atoms. The minimum Gasteiger partial charge on any atom is -0.491 e. The van der Waals surface area contributed by atoms with E-state index >= 15 is 0 Å². The van der Waals surface area contributed by atoms with Crippen LogP contribution in [0.1, 0.15) is 17.7 Å². The van der Waals surface area contributed by atoms with Gasteiger partial charge < -0.3 is 24.8 Å². The standard InChI is InChI=1S/C27H27ClF3N5O2/c1-35-12-14-36(15-13-35)11-2-16-38-23-9-6-20(26-32-18-24(34-26)27(29,30)31)17-22(23)33-25(37)10-5-19-3-7-21(28)8-4-19/h3-4,6-9,17-18H,2,11-16H2,1H3,(H,32,34)(H,33,37). The molecule has 0 aliphatic carbocycles. The van der Waals surface area contributed by atoms with Gasteiger partial charge in [0.25, 0.3) is 0 Å². The second-order valence-electron chi connectivity index (χ2n) is 8.91. The lowest BCUT2D eigenvalue weighted by atomic mass is 10.1. The predicted molar refractivity (Wildman–Crippen MR) is 140 cm³/mol. The number of hydrogen-bond donors (Lipinski definition) is 2. The van der Waals surface area contributed by atoms with E-state index < -0.39 is 17.8 Å². The molecule has 11 heteroatoms. The van der Waals surface area contributed by atoms with E-state index in [0.717, 1.165) is 45.3 Å². The van der Waals surface area contributed by atoms with E-state index in [9.17, 15) is 18.0 Å². The number of alkyl halides is 3. The number of piperazine rings is 1. The third-order valence-corrected chi connectivity index (χ3v) is 6.27. The molecule has 4 rings (SSSR count). The van der Waals surface area contributed by atoms with Gasteiger partial charge in [0.2, 0.25) is 0 Å². The van der Waals surface area contributed by atoms with Crippen LogP contribution in [0.15, 0.2) is 48.7 Å². The van der Waals surface area contributed by atoms with Gasteiger partial charge in [0.05, 0.1) is 18.5 Å². The summed E-state index contributed by atoms with van der Waals surface area (Å²) in [6.45, 7) is 5.34. The van der Waals surface area contributed by atoms with Gasteiger partial charge in [0.15, 0.2) is 0 Å². The van der Waals surface area contributed by atoms with Crippen LogP contribution in [0.4, 0.5) is 18.9 Å². The highest BCUT2D eigenvalue weighted by Crippen LogP contribution is 2.33. The Morgan fingerprint density at radius 2 is 1.89 bits per heavy atom. The summed E-state index contributed by atoms with van der Waals surface area (Å²) in [4.78, 5) is 23.4. The number of ether oxygens (including phenoxy) is 1. The number of aromatic nitrogens is 2. The molecule has 1 fully saturated rings. The molecule has 0 unspecified atom stereocenters. The summed E-state index contributed by atoms with van der Waals surface area (Å²) in [5.41, 5.74) is 0.277. The number of aromatic amines is 1. The molecule has 2 N–H and O–H groups in total. The molecular formula is C27H27ClF3N5O2. The number of nitrogens with one attached hydrogen (secondary N) is 2. The Kier molecular flexibility index (Phi) is 8.94. The Bertz CT molecular complexity index is 1310. The molecule has 0 bridgehead atoms. The first kappa shape index (κ1) is 27.5. The van der Waals surface area contributed by atoms with E-state index in [2.05, 4.69) is 44.0 Å². The van der Waals surface area contributed by atoms with Crippen molar-refractivity contribution < 1.29 is 22.7 Å². The molecule has 1 aliphatic rings. The van der Waals surface area contributed by atoms with Gasteiger partial charge in [-0.2, -0.15) is 13.2 Å². The summed E-state index contributed by atoms with van der Waals surface area (Å²) in [6, 6.07) is 11.4. The molecule has 1 saturated heterocycles. The highest BCUT2D eigenvalue weighted by molar-refractivity contribution is 6.30. The summed E-state index contributed by atoms with van der Waals surface area (Å²) >= 11 is 5.88. The molecule has 2 aromatic carbocycles. The number of carbonyl (C=O) groups excluding carboxylic acids is 1. The number of carbonyl (C=O) groups is 1. The van der Waals surface area contributed by atoms with Crippen LogP contribution in [-0.4, -0.2) is 72.1 Å². The molecule has 2 heterocycles. The van der Waals surface area contributed by atoms with Gasteiger partial charge in [0, 0.05) is 54.8 Å². The van der Waals surface area contributed by atoms with Gasteiger partial charge >= 0.3 is 12.1 Å². The largest absolute Gasteiger partial charge is 0.491 e. The average molecular weight is 546 g/mol. The number of benzene rings is 2. The fourth-order valence-electron chi connectivity index (χ4n) is 3.87. The first-order chi connectivity index (χ1) is 18.2. The Morgan fingerprint density at radius 1 is 1.16 bits per heavy atom. The van der Waals surface area contributed by atoms with Crippen molar-refractivity contribution >= 4 is 23.2 Å². The molecule has 200 valence electrons. The lowest BCUT2D eigenvalue weighted by Crippen LogP contribution is -2.44. The highest BCUT2D eigenvalue weighted by Gasteiger charge is 2.33. The third kappa shape index (κ3) is 7.74. The minimum absolute atomic E-state index is 0.0155. The zero-order valence-corrected chi connectivity index (χ0v) is 21.5. The number of amides is 1. The quantitative estimate of drug-likeness (QED) is 0.331. The Hall–Kier alpha value is -3.52. The van der Waals surface area contributed by atoms with Crippen molar-refractivity contribution in [1.29, 1.82) is 0 Å². The van der Waals surface area contributed by atoms with Crippen LogP contribution in [0, 0.1) is 11.8 Å².